The number of nitrogens with one attached hydrogen (secondary N) is 2. The molecule has 9 heteroatoms. The van der Waals surface area contributed by atoms with Crippen LogP contribution in [0.15, 0.2) is 35.1 Å². The quantitative estimate of drug-likeness (QED) is 0.820. The molecular weight excluding hydrogens is 351 g/mol. The summed E-state index contributed by atoms with van der Waals surface area (Å²) in [5.74, 6) is -0.634. The zero-order valence-electron chi connectivity index (χ0n) is 14.2. The maximum absolute atomic E-state index is 12.6. The predicted molar refractivity (Wildman–Crippen MR) is 88.0 cm³/mol. The Kier molecular flexibility index (Phi) is 6.01. The maximum Gasteiger partial charge on any atom is 0.416 e. The van der Waals surface area contributed by atoms with Crippen LogP contribution in [0.1, 0.15) is 47.9 Å². The number of hydrogen-bond acceptors (Lipinski definition) is 4. The maximum atomic E-state index is 12.6. The highest BCUT2D eigenvalue weighted by Gasteiger charge is 2.30. The minimum Gasteiger partial charge on any atom is -0.465 e. The molecule has 2 rings (SSSR count). The lowest BCUT2D eigenvalue weighted by Crippen LogP contribution is -2.29. The molecule has 1 heterocycles. The molecule has 1 aromatic carbocycles. The van der Waals surface area contributed by atoms with Crippen LogP contribution < -0.4 is 15.6 Å². The molecule has 1 amide bonds. The van der Waals surface area contributed by atoms with Gasteiger partial charge >= 0.3 is 6.18 Å². The van der Waals surface area contributed by atoms with Crippen molar-refractivity contribution in [3.63, 3.8) is 0 Å². The number of rotatable bonds is 6. The number of hydrogen-bond donors (Lipinski definition) is 2. The summed E-state index contributed by atoms with van der Waals surface area (Å²) in [7, 11) is 0. The summed E-state index contributed by atoms with van der Waals surface area (Å²) < 4.78 is 43.0. The highest BCUT2D eigenvalue weighted by Crippen LogP contribution is 2.29. The van der Waals surface area contributed by atoms with Crippen LogP contribution in [0.2, 0.25) is 0 Å². The number of amides is 1. The molecule has 0 fully saturated rings. The molecule has 0 bridgehead atoms. The van der Waals surface area contributed by atoms with Gasteiger partial charge in [0, 0.05) is 6.07 Å². The Hall–Kier alpha value is -2.84. The number of aromatic amines is 1. The van der Waals surface area contributed by atoms with E-state index < -0.39 is 29.2 Å². The van der Waals surface area contributed by atoms with E-state index in [4.69, 9.17) is 4.74 Å². The number of alkyl halides is 3. The van der Waals surface area contributed by atoms with Crippen molar-refractivity contribution in [1.82, 2.24) is 15.3 Å². The van der Waals surface area contributed by atoms with Gasteiger partial charge in [0.1, 0.15) is 5.69 Å². The second-order valence-corrected chi connectivity index (χ2v) is 5.60. The van der Waals surface area contributed by atoms with Gasteiger partial charge in [-0.1, -0.05) is 19.1 Å². The highest BCUT2D eigenvalue weighted by molar-refractivity contribution is 5.92. The van der Waals surface area contributed by atoms with E-state index in [9.17, 15) is 22.8 Å². The molecule has 0 spiro atoms. The van der Waals surface area contributed by atoms with Crippen molar-refractivity contribution in [2.24, 2.45) is 0 Å². The molecule has 0 radical (unpaired) electrons. The number of aromatic nitrogens is 2. The summed E-state index contributed by atoms with van der Waals surface area (Å²) in [6.45, 7) is 3.82. The van der Waals surface area contributed by atoms with Gasteiger partial charge in [-0.2, -0.15) is 18.2 Å². The Balaban J connectivity index is 2.11. The largest absolute Gasteiger partial charge is 0.465 e. The van der Waals surface area contributed by atoms with E-state index in [1.807, 2.05) is 6.92 Å². The van der Waals surface area contributed by atoms with Crippen molar-refractivity contribution in [3.8, 4) is 6.01 Å². The Morgan fingerprint density at radius 2 is 1.96 bits per heavy atom. The van der Waals surface area contributed by atoms with Crippen molar-refractivity contribution in [1.29, 1.82) is 0 Å². The van der Waals surface area contributed by atoms with Gasteiger partial charge in [-0.25, -0.2) is 0 Å². The van der Waals surface area contributed by atoms with Crippen molar-refractivity contribution >= 4 is 5.91 Å². The van der Waals surface area contributed by atoms with Crippen molar-refractivity contribution in [2.75, 3.05) is 6.61 Å². The topological polar surface area (TPSA) is 84.1 Å². The second kappa shape index (κ2) is 8.03. The number of carbonyl (C=O) groups is 1. The molecule has 0 aliphatic carbocycles. The molecule has 6 nitrogen and oxygen atoms in total. The third-order valence-electron chi connectivity index (χ3n) is 3.48. The monoisotopic (exact) mass is 369 g/mol. The minimum atomic E-state index is -4.42. The normalized spacial score (nSPS) is 12.5. The zero-order chi connectivity index (χ0) is 19.3. The van der Waals surface area contributed by atoms with E-state index in [1.54, 1.807) is 6.92 Å². The van der Waals surface area contributed by atoms with E-state index >= 15 is 0 Å². The fourth-order valence-corrected chi connectivity index (χ4v) is 2.13. The Bertz CT molecular complexity index is 816. The number of nitrogens with zero attached hydrogens (tertiary/aromatic N) is 1. The predicted octanol–water partition coefficient (Wildman–Crippen LogP) is 3.07. The molecular formula is C17H18F3N3O3. The standard InChI is InChI=1S/C17H18F3N3O3/c1-3-8-26-16-22-13(9-14(24)23-16)15(25)21-10(2)11-4-6-12(7-5-11)17(18,19)20/h4-7,9-10H,3,8H2,1-2H3,(H,21,25)(H,22,23,24). The van der Waals surface area contributed by atoms with Gasteiger partial charge in [-0.05, 0) is 31.0 Å². The summed E-state index contributed by atoms with van der Waals surface area (Å²) in [6.07, 6.45) is -3.72. The first kappa shape index (κ1) is 19.5. The van der Waals surface area contributed by atoms with Crippen LogP contribution in [-0.4, -0.2) is 22.5 Å². The van der Waals surface area contributed by atoms with Gasteiger partial charge in [-0.15, -0.1) is 0 Å². The molecule has 1 atom stereocenters. The van der Waals surface area contributed by atoms with Crippen LogP contribution >= 0.6 is 0 Å². The first-order chi connectivity index (χ1) is 12.2. The van der Waals surface area contributed by atoms with E-state index in [-0.39, 0.29) is 11.7 Å². The van der Waals surface area contributed by atoms with E-state index in [0.717, 1.165) is 18.2 Å². The van der Waals surface area contributed by atoms with Gasteiger partial charge in [0.15, 0.2) is 0 Å². The van der Waals surface area contributed by atoms with E-state index in [2.05, 4.69) is 15.3 Å². The average Bonchev–Trinajstić information content (AvgIpc) is 2.58. The Morgan fingerprint density at radius 1 is 1.31 bits per heavy atom. The van der Waals surface area contributed by atoms with Crippen LogP contribution in [0, 0.1) is 0 Å². The van der Waals surface area contributed by atoms with Crippen LogP contribution in [0.4, 0.5) is 13.2 Å². The zero-order valence-corrected chi connectivity index (χ0v) is 14.2. The summed E-state index contributed by atoms with van der Waals surface area (Å²) in [5.41, 5.74) is -0.968. The Morgan fingerprint density at radius 3 is 2.54 bits per heavy atom. The molecule has 1 aromatic heterocycles. The number of carbonyl (C=O) groups excluding carboxylic acids is 1. The van der Waals surface area contributed by atoms with E-state index in [0.29, 0.717) is 18.6 Å². The minimum absolute atomic E-state index is 0.0633. The molecule has 0 saturated heterocycles. The van der Waals surface area contributed by atoms with Crippen LogP contribution in [-0.2, 0) is 6.18 Å². The summed E-state index contributed by atoms with van der Waals surface area (Å²) in [6, 6.07) is 4.84. The molecule has 2 N–H and O–H groups in total. The van der Waals surface area contributed by atoms with E-state index in [1.165, 1.54) is 12.1 Å². The third-order valence-corrected chi connectivity index (χ3v) is 3.48. The van der Waals surface area contributed by atoms with Gasteiger partial charge in [-0.3, -0.25) is 14.6 Å². The lowest BCUT2D eigenvalue weighted by Gasteiger charge is -2.15. The first-order valence-corrected chi connectivity index (χ1v) is 7.93. The number of ether oxygens (including phenoxy) is 1. The molecule has 26 heavy (non-hydrogen) atoms. The van der Waals surface area contributed by atoms with Crippen molar-refractivity contribution in [2.45, 2.75) is 32.5 Å². The highest BCUT2D eigenvalue weighted by atomic mass is 19.4. The molecule has 0 saturated carbocycles. The lowest BCUT2D eigenvalue weighted by atomic mass is 10.1. The smallest absolute Gasteiger partial charge is 0.416 e. The SMILES string of the molecule is CCCOc1nc(C(=O)NC(C)c2ccc(C(F)(F)F)cc2)cc(=O)[nH]1. The lowest BCUT2D eigenvalue weighted by molar-refractivity contribution is -0.137. The van der Waals surface area contributed by atoms with Crippen LogP contribution in [0.3, 0.4) is 0 Å². The third kappa shape index (κ3) is 5.08. The molecule has 2 aromatic rings. The Labute approximate surface area is 147 Å². The summed E-state index contributed by atoms with van der Waals surface area (Å²) >= 11 is 0. The number of H-pyrrole nitrogens is 1. The number of benzene rings is 1. The van der Waals surface area contributed by atoms with Gasteiger partial charge < -0.3 is 10.1 Å². The molecule has 0 aliphatic rings. The molecule has 0 aliphatic heterocycles. The summed E-state index contributed by atoms with van der Waals surface area (Å²) in [5, 5.41) is 2.59. The van der Waals surface area contributed by atoms with Crippen molar-refractivity contribution < 1.29 is 22.7 Å². The molecule has 1 unspecified atom stereocenters. The number of halogens is 3. The van der Waals surface area contributed by atoms with Gasteiger partial charge in [0.25, 0.3) is 17.5 Å². The second-order valence-electron chi connectivity index (χ2n) is 5.60. The van der Waals surface area contributed by atoms with Gasteiger partial charge in [0.05, 0.1) is 18.2 Å². The van der Waals surface area contributed by atoms with Crippen LogP contribution in [0.25, 0.3) is 0 Å². The fraction of sp³-hybridized carbons (Fsp3) is 0.353. The molecule has 140 valence electrons. The van der Waals surface area contributed by atoms with Crippen molar-refractivity contribution in [3.05, 3.63) is 57.5 Å². The summed E-state index contributed by atoms with van der Waals surface area (Å²) in [4.78, 5) is 30.2. The first-order valence-electron chi connectivity index (χ1n) is 7.93. The average molecular weight is 369 g/mol. The fourth-order valence-electron chi connectivity index (χ4n) is 2.13. The van der Waals surface area contributed by atoms with Gasteiger partial charge in [0.2, 0.25) is 0 Å². The van der Waals surface area contributed by atoms with Crippen LogP contribution in [0.5, 0.6) is 6.01 Å².